The lowest BCUT2D eigenvalue weighted by Crippen LogP contribution is -2.37. The van der Waals surface area contributed by atoms with Crippen LogP contribution in [0.4, 0.5) is 0 Å². The molecule has 4 heteroatoms. The summed E-state index contributed by atoms with van der Waals surface area (Å²) in [5, 5.41) is 2.07. The Morgan fingerprint density at radius 3 is 2.65 bits per heavy atom. The molecule has 0 radical (unpaired) electrons. The molecule has 0 heterocycles. The number of hydrogen-bond donors (Lipinski definition) is 1. The Morgan fingerprint density at radius 1 is 1.12 bits per heavy atom. The molecule has 4 rings (SSSR count). The van der Waals surface area contributed by atoms with Gasteiger partial charge in [-0.25, -0.2) is 8.42 Å². The summed E-state index contributed by atoms with van der Waals surface area (Å²) in [5.74, 6) is 0.186. The highest BCUT2D eigenvalue weighted by molar-refractivity contribution is 7.72. The average molecular weight is 366 g/mol. The topological polar surface area (TPSA) is 51.2 Å². The largest absolute Gasteiger partial charge is 0.289 e. The Kier molecular flexibility index (Phi) is 4.11. The molecule has 3 aliphatic carbocycles. The van der Waals surface area contributed by atoms with Crippen molar-refractivity contribution in [1.82, 2.24) is 0 Å². The van der Waals surface area contributed by atoms with Crippen LogP contribution in [0.5, 0.6) is 0 Å². The van der Waals surface area contributed by atoms with Crippen molar-refractivity contribution in [3.63, 3.8) is 0 Å². The van der Waals surface area contributed by atoms with Crippen molar-refractivity contribution in [2.24, 2.45) is 0 Å². The van der Waals surface area contributed by atoms with Gasteiger partial charge in [0.1, 0.15) is 10.7 Å². The molecular weight excluding hydrogens is 344 g/mol. The van der Waals surface area contributed by atoms with Crippen LogP contribution in [0.15, 0.2) is 48.1 Å². The number of rotatable bonds is 3. The highest BCUT2D eigenvalue weighted by Gasteiger charge is 2.31. The highest BCUT2D eigenvalue weighted by atomic mass is 32.2. The summed E-state index contributed by atoms with van der Waals surface area (Å²) < 4.78 is 22.1. The maximum atomic E-state index is 13.0. The lowest BCUT2D eigenvalue weighted by molar-refractivity contribution is 0.104. The van der Waals surface area contributed by atoms with Crippen molar-refractivity contribution >= 4 is 27.6 Å². The van der Waals surface area contributed by atoms with Crippen LogP contribution in [0.1, 0.15) is 49.0 Å². The number of allylic oxidation sites excluding steroid dienone is 6. The first-order valence-corrected chi connectivity index (χ1v) is 10.4. The molecular formula is C22H22O3S. The quantitative estimate of drug-likeness (QED) is 0.836. The lowest BCUT2D eigenvalue weighted by atomic mass is 9.72. The number of ketones is 1. The molecule has 3 nitrogen and oxygen atoms in total. The smallest absolute Gasteiger partial charge is 0.187 e. The molecule has 0 saturated heterocycles. The van der Waals surface area contributed by atoms with Crippen LogP contribution in [-0.2, 0) is 16.1 Å². The predicted octanol–water partition coefficient (Wildman–Crippen LogP) is 2.31. The van der Waals surface area contributed by atoms with Crippen molar-refractivity contribution in [3.05, 3.63) is 69.7 Å². The molecule has 1 aromatic rings. The first-order valence-electron chi connectivity index (χ1n) is 9.02. The molecule has 0 amide bonds. The molecule has 134 valence electrons. The molecule has 0 bridgehead atoms. The Morgan fingerprint density at radius 2 is 1.88 bits per heavy atom. The first kappa shape index (κ1) is 17.2. The van der Waals surface area contributed by atoms with Gasteiger partial charge in [-0.05, 0) is 58.1 Å². The van der Waals surface area contributed by atoms with Gasteiger partial charge >= 0.3 is 0 Å². The predicted molar refractivity (Wildman–Crippen MR) is 105 cm³/mol. The first-order chi connectivity index (χ1) is 12.4. The highest BCUT2D eigenvalue weighted by Crippen LogP contribution is 2.33. The van der Waals surface area contributed by atoms with Crippen LogP contribution in [0.2, 0.25) is 0 Å². The third-order valence-electron chi connectivity index (χ3n) is 5.53. The number of fused-ring (bicyclic) bond motifs is 4. The van der Waals surface area contributed by atoms with Crippen molar-refractivity contribution in [2.45, 2.75) is 38.5 Å². The van der Waals surface area contributed by atoms with Crippen molar-refractivity contribution < 1.29 is 13.2 Å². The van der Waals surface area contributed by atoms with Gasteiger partial charge in [0.05, 0.1) is 5.75 Å². The summed E-state index contributed by atoms with van der Waals surface area (Å²) in [6, 6.07) is 4.13. The molecule has 1 aromatic carbocycles. The Hall–Kier alpha value is -2.20. The van der Waals surface area contributed by atoms with Crippen molar-refractivity contribution in [2.75, 3.05) is 5.75 Å². The lowest BCUT2D eigenvalue weighted by Gasteiger charge is -2.30. The van der Waals surface area contributed by atoms with E-state index in [1.54, 1.807) is 6.08 Å². The van der Waals surface area contributed by atoms with Crippen LogP contribution in [0.25, 0.3) is 11.1 Å². The monoisotopic (exact) mass is 366 g/mol. The fourth-order valence-electron chi connectivity index (χ4n) is 4.28. The average Bonchev–Trinajstić information content (AvgIpc) is 2.60. The number of hydrogen-bond acceptors (Lipinski definition) is 3. The van der Waals surface area contributed by atoms with Gasteiger partial charge in [-0.3, -0.25) is 4.79 Å². The molecule has 0 aliphatic heterocycles. The zero-order valence-corrected chi connectivity index (χ0v) is 15.9. The van der Waals surface area contributed by atoms with E-state index in [0.29, 0.717) is 6.42 Å². The summed E-state index contributed by atoms with van der Waals surface area (Å²) in [4.78, 5) is 13.0. The molecule has 0 unspecified atom stereocenters. The molecule has 0 atom stereocenters. The fraction of sp³-hybridized carbons (Fsp3) is 0.318. The van der Waals surface area contributed by atoms with E-state index in [4.69, 9.17) is 0 Å². The number of benzene rings is 1. The van der Waals surface area contributed by atoms with E-state index in [-0.39, 0.29) is 17.0 Å². The van der Waals surface area contributed by atoms with Gasteiger partial charge in [-0.15, -0.1) is 0 Å². The zero-order chi connectivity index (χ0) is 18.5. The molecule has 3 aliphatic rings. The summed E-state index contributed by atoms with van der Waals surface area (Å²) in [7, 11) is -2.41. The second-order valence-corrected chi connectivity index (χ2v) is 8.79. The minimum atomic E-state index is -2.41. The molecule has 26 heavy (non-hydrogen) atoms. The third kappa shape index (κ3) is 2.73. The van der Waals surface area contributed by atoms with Crippen LogP contribution in [-0.4, -0.2) is 20.0 Å². The van der Waals surface area contributed by atoms with E-state index < -0.39 is 10.7 Å². The van der Waals surface area contributed by atoms with E-state index in [0.717, 1.165) is 45.6 Å². The maximum Gasteiger partial charge on any atom is 0.187 e. The van der Waals surface area contributed by atoms with Gasteiger partial charge in [0.2, 0.25) is 0 Å². The van der Waals surface area contributed by atoms with E-state index in [2.05, 4.69) is 38.1 Å². The minimum absolute atomic E-state index is 0.0553. The zero-order valence-electron chi connectivity index (χ0n) is 15.0. The van der Waals surface area contributed by atoms with Crippen LogP contribution >= 0.6 is 0 Å². The van der Waals surface area contributed by atoms with E-state index in [9.17, 15) is 13.2 Å². The van der Waals surface area contributed by atoms with Gasteiger partial charge in [0.15, 0.2) is 5.78 Å². The normalized spacial score (nSPS) is 20.0. The van der Waals surface area contributed by atoms with Crippen molar-refractivity contribution in [1.29, 1.82) is 0 Å². The second-order valence-electron chi connectivity index (χ2n) is 7.68. The van der Waals surface area contributed by atoms with Gasteiger partial charge in [0.25, 0.3) is 0 Å². The van der Waals surface area contributed by atoms with Gasteiger partial charge in [-0.2, -0.15) is 0 Å². The van der Waals surface area contributed by atoms with E-state index in [1.165, 1.54) is 5.57 Å². The van der Waals surface area contributed by atoms with Gasteiger partial charge in [0, 0.05) is 11.0 Å². The Bertz CT molecular complexity index is 1100. The number of thiol groups is 1. The van der Waals surface area contributed by atoms with Crippen LogP contribution in [0.3, 0.4) is 0 Å². The molecule has 0 saturated carbocycles. The van der Waals surface area contributed by atoms with Gasteiger partial charge in [-0.1, -0.05) is 50.3 Å². The fourth-order valence-corrected chi connectivity index (χ4v) is 4.70. The second kappa shape index (κ2) is 6.20. The van der Waals surface area contributed by atoms with Crippen LogP contribution < -0.4 is 10.4 Å². The Labute approximate surface area is 155 Å². The number of carbonyl (C=O) groups excluding carboxylic acids is 1. The third-order valence-corrected chi connectivity index (χ3v) is 6.11. The standard InChI is InChI=1S/C22H22O3S/c1-22(2)11-9-14(10-12-26(24)25)17-7-8-18-16-6-4-3-5-15(16)13-19(23)20(18)21(17)22/h3,5,7-9,11,13,26H,4,6,10,12H2,1-2H3. The van der Waals surface area contributed by atoms with Crippen molar-refractivity contribution in [3.8, 4) is 0 Å². The molecule has 0 aromatic heterocycles. The Balaban J connectivity index is 2.06. The number of carbonyl (C=O) groups is 1. The molecule has 0 N–H and O–H groups in total. The summed E-state index contributed by atoms with van der Waals surface area (Å²) in [6.45, 7) is 4.23. The van der Waals surface area contributed by atoms with Gasteiger partial charge < -0.3 is 0 Å². The molecule has 0 spiro atoms. The van der Waals surface area contributed by atoms with E-state index in [1.807, 2.05) is 12.2 Å². The SMILES string of the molecule is CC1(C)C=CC(CC[SH](=O)=O)=c2ccc3c(c21)C(=O)C=C1C=CCCC=31. The van der Waals surface area contributed by atoms with Crippen LogP contribution in [0, 0.1) is 0 Å². The summed E-state index contributed by atoms with van der Waals surface area (Å²) in [5.41, 5.74) is 4.85. The minimum Gasteiger partial charge on any atom is -0.289 e. The van der Waals surface area contributed by atoms with E-state index >= 15 is 0 Å². The molecule has 0 fully saturated rings. The summed E-state index contributed by atoms with van der Waals surface area (Å²) >= 11 is 0. The maximum absolute atomic E-state index is 13.0. The summed E-state index contributed by atoms with van der Waals surface area (Å²) in [6.07, 6.45) is 12.5.